The Morgan fingerprint density at radius 3 is 2.60 bits per heavy atom. The van der Waals surface area contributed by atoms with Gasteiger partial charge in [-0.2, -0.15) is 0 Å². The number of nitrogens with zero attached hydrogens (tertiary/aromatic N) is 1. The summed E-state index contributed by atoms with van der Waals surface area (Å²) >= 11 is 0. The van der Waals surface area contributed by atoms with Gasteiger partial charge in [0.25, 0.3) is 0 Å². The second-order valence-corrected chi connectivity index (χ2v) is 6.06. The van der Waals surface area contributed by atoms with Crippen LogP contribution in [0.1, 0.15) is 51.0 Å². The molecule has 0 heterocycles. The van der Waals surface area contributed by atoms with Crippen LogP contribution >= 0.6 is 0 Å². The third-order valence-corrected chi connectivity index (χ3v) is 4.54. The molecule has 0 bridgehead atoms. The molecule has 20 heavy (non-hydrogen) atoms. The van der Waals surface area contributed by atoms with Crippen LogP contribution in [0.3, 0.4) is 0 Å². The van der Waals surface area contributed by atoms with Gasteiger partial charge in [-0.25, -0.2) is 4.39 Å². The van der Waals surface area contributed by atoms with Crippen molar-refractivity contribution in [2.24, 2.45) is 5.73 Å². The lowest BCUT2D eigenvalue weighted by Gasteiger charge is -2.33. The molecular formula is C17H27FN2. The molecule has 1 aliphatic carbocycles. The molecule has 0 radical (unpaired) electrons. The monoisotopic (exact) mass is 278 g/mol. The van der Waals surface area contributed by atoms with Gasteiger partial charge in [-0.1, -0.05) is 32.3 Å². The normalized spacial score (nSPS) is 18.0. The molecule has 0 aliphatic heterocycles. The Balaban J connectivity index is 2.08. The van der Waals surface area contributed by atoms with E-state index in [1.807, 2.05) is 19.2 Å². The van der Waals surface area contributed by atoms with E-state index in [1.54, 1.807) is 6.07 Å². The highest BCUT2D eigenvalue weighted by atomic mass is 19.1. The summed E-state index contributed by atoms with van der Waals surface area (Å²) in [6.07, 6.45) is 7.88. The maximum absolute atomic E-state index is 14.3. The first-order valence-corrected chi connectivity index (χ1v) is 7.88. The molecular weight excluding hydrogens is 251 g/mol. The maximum Gasteiger partial charge on any atom is 0.146 e. The number of hydrogen-bond donors (Lipinski definition) is 1. The van der Waals surface area contributed by atoms with E-state index in [9.17, 15) is 4.39 Å². The first kappa shape index (κ1) is 15.3. The third kappa shape index (κ3) is 3.72. The molecule has 1 fully saturated rings. The van der Waals surface area contributed by atoms with Gasteiger partial charge in [-0.15, -0.1) is 0 Å². The molecule has 2 N–H and O–H groups in total. The Labute approximate surface area is 122 Å². The zero-order chi connectivity index (χ0) is 14.5. The summed E-state index contributed by atoms with van der Waals surface area (Å²) in [4.78, 5) is 2.12. The van der Waals surface area contributed by atoms with E-state index in [1.165, 1.54) is 32.1 Å². The van der Waals surface area contributed by atoms with E-state index in [0.29, 0.717) is 6.04 Å². The van der Waals surface area contributed by atoms with E-state index < -0.39 is 0 Å². The van der Waals surface area contributed by atoms with Gasteiger partial charge in [0.15, 0.2) is 0 Å². The van der Waals surface area contributed by atoms with Gasteiger partial charge < -0.3 is 10.6 Å². The standard InChI is InChI=1S/C17H27FN2/c1-3-14(19)11-13-9-10-17(16(18)12-13)20(2)15-7-5-4-6-8-15/h9-10,12,14-15H,3-8,11,19H2,1-2H3. The van der Waals surface area contributed by atoms with E-state index in [4.69, 9.17) is 5.73 Å². The molecule has 2 nitrogen and oxygen atoms in total. The van der Waals surface area contributed by atoms with E-state index in [0.717, 1.165) is 24.1 Å². The summed E-state index contributed by atoms with van der Waals surface area (Å²) in [6, 6.07) is 6.21. The summed E-state index contributed by atoms with van der Waals surface area (Å²) in [5, 5.41) is 0. The predicted molar refractivity (Wildman–Crippen MR) is 83.6 cm³/mol. The molecule has 1 saturated carbocycles. The average Bonchev–Trinajstić information content (AvgIpc) is 2.47. The maximum atomic E-state index is 14.3. The third-order valence-electron chi connectivity index (χ3n) is 4.54. The molecule has 112 valence electrons. The van der Waals surface area contributed by atoms with Gasteiger partial charge in [0.2, 0.25) is 0 Å². The largest absolute Gasteiger partial charge is 0.369 e. The Hall–Kier alpha value is -1.09. The van der Waals surface area contributed by atoms with Crippen LogP contribution in [0.5, 0.6) is 0 Å². The summed E-state index contributed by atoms with van der Waals surface area (Å²) in [6.45, 7) is 2.06. The highest BCUT2D eigenvalue weighted by Gasteiger charge is 2.20. The van der Waals surface area contributed by atoms with Crippen LogP contribution in [0.25, 0.3) is 0 Å². The lowest BCUT2D eigenvalue weighted by atomic mass is 9.94. The Morgan fingerprint density at radius 1 is 1.30 bits per heavy atom. The SMILES string of the molecule is CCC(N)Cc1ccc(N(C)C2CCCCC2)c(F)c1. The number of nitrogens with two attached hydrogens (primary N) is 1. The molecule has 1 atom stereocenters. The number of benzene rings is 1. The second-order valence-electron chi connectivity index (χ2n) is 6.06. The molecule has 3 heteroatoms. The highest BCUT2D eigenvalue weighted by molar-refractivity contribution is 5.49. The van der Waals surface area contributed by atoms with Gasteiger partial charge in [0, 0.05) is 19.1 Å². The van der Waals surface area contributed by atoms with Crippen LogP contribution in [0, 0.1) is 5.82 Å². The smallest absolute Gasteiger partial charge is 0.146 e. The van der Waals surface area contributed by atoms with Crippen molar-refractivity contribution in [3.8, 4) is 0 Å². The minimum Gasteiger partial charge on any atom is -0.369 e. The first-order valence-electron chi connectivity index (χ1n) is 7.88. The van der Waals surface area contributed by atoms with Crippen LogP contribution in [0.4, 0.5) is 10.1 Å². The van der Waals surface area contributed by atoms with Crippen molar-refractivity contribution in [1.82, 2.24) is 0 Å². The van der Waals surface area contributed by atoms with E-state index in [-0.39, 0.29) is 11.9 Å². The van der Waals surface area contributed by atoms with Gasteiger partial charge in [0.1, 0.15) is 5.82 Å². The van der Waals surface area contributed by atoms with Crippen molar-refractivity contribution >= 4 is 5.69 Å². The van der Waals surface area contributed by atoms with Gasteiger partial charge >= 0.3 is 0 Å². The van der Waals surface area contributed by atoms with E-state index >= 15 is 0 Å². The number of halogens is 1. The van der Waals surface area contributed by atoms with Crippen LogP contribution in [0.2, 0.25) is 0 Å². The molecule has 2 rings (SSSR count). The van der Waals surface area contributed by atoms with Crippen molar-refractivity contribution in [2.45, 2.75) is 64.0 Å². The second kappa shape index (κ2) is 7.07. The highest BCUT2D eigenvalue weighted by Crippen LogP contribution is 2.28. The number of hydrogen-bond acceptors (Lipinski definition) is 2. The van der Waals surface area contributed by atoms with Crippen LogP contribution < -0.4 is 10.6 Å². The topological polar surface area (TPSA) is 29.3 Å². The van der Waals surface area contributed by atoms with Crippen LogP contribution in [-0.4, -0.2) is 19.1 Å². The van der Waals surface area contributed by atoms with Crippen molar-refractivity contribution in [3.05, 3.63) is 29.6 Å². The Kier molecular flexibility index (Phi) is 5.41. The Morgan fingerprint density at radius 2 is 2.00 bits per heavy atom. The van der Waals surface area contributed by atoms with Gasteiger partial charge in [-0.05, 0) is 43.4 Å². The fraction of sp³-hybridized carbons (Fsp3) is 0.647. The molecule has 0 amide bonds. The van der Waals surface area contributed by atoms with Crippen LogP contribution in [0.15, 0.2) is 18.2 Å². The molecule has 1 unspecified atom stereocenters. The minimum atomic E-state index is -0.112. The average molecular weight is 278 g/mol. The first-order chi connectivity index (χ1) is 9.61. The van der Waals surface area contributed by atoms with Crippen molar-refractivity contribution in [2.75, 3.05) is 11.9 Å². The fourth-order valence-electron chi connectivity index (χ4n) is 3.08. The summed E-state index contributed by atoms with van der Waals surface area (Å²) in [7, 11) is 2.02. The molecule has 0 saturated heterocycles. The van der Waals surface area contributed by atoms with Crippen LogP contribution in [-0.2, 0) is 6.42 Å². The lowest BCUT2D eigenvalue weighted by molar-refractivity contribution is 0.424. The lowest BCUT2D eigenvalue weighted by Crippen LogP contribution is -2.34. The van der Waals surface area contributed by atoms with Crippen molar-refractivity contribution in [3.63, 3.8) is 0 Å². The molecule has 1 aromatic rings. The summed E-state index contributed by atoms with van der Waals surface area (Å²) in [5.41, 5.74) is 7.66. The molecule has 0 aromatic heterocycles. The molecule has 0 spiro atoms. The fourth-order valence-corrected chi connectivity index (χ4v) is 3.08. The number of rotatable bonds is 5. The zero-order valence-corrected chi connectivity index (χ0v) is 12.7. The molecule has 1 aromatic carbocycles. The van der Waals surface area contributed by atoms with Gasteiger partial charge in [-0.3, -0.25) is 0 Å². The minimum absolute atomic E-state index is 0.112. The van der Waals surface area contributed by atoms with Gasteiger partial charge in [0.05, 0.1) is 5.69 Å². The summed E-state index contributed by atoms with van der Waals surface area (Å²) in [5.74, 6) is -0.112. The molecule has 1 aliphatic rings. The summed E-state index contributed by atoms with van der Waals surface area (Å²) < 4.78 is 14.3. The quantitative estimate of drug-likeness (QED) is 0.885. The van der Waals surface area contributed by atoms with E-state index in [2.05, 4.69) is 11.8 Å². The predicted octanol–water partition coefficient (Wildman–Crippen LogP) is 3.87. The zero-order valence-electron chi connectivity index (χ0n) is 12.7. The Bertz CT molecular complexity index is 427. The number of anilines is 1. The van der Waals surface area contributed by atoms with Crippen molar-refractivity contribution < 1.29 is 4.39 Å². The van der Waals surface area contributed by atoms with Crippen molar-refractivity contribution in [1.29, 1.82) is 0 Å².